The Bertz CT molecular complexity index is 672. The zero-order chi connectivity index (χ0) is 14.3. The van der Waals surface area contributed by atoms with Crippen molar-refractivity contribution in [3.8, 4) is 5.75 Å². The van der Waals surface area contributed by atoms with E-state index in [2.05, 4.69) is 15.9 Å². The Balaban J connectivity index is 2.11. The number of hydrogen-bond acceptors (Lipinski definition) is 1. The highest BCUT2D eigenvalue weighted by Crippen LogP contribution is 2.43. The highest BCUT2D eigenvalue weighted by atomic mass is 79.9. The molecule has 1 unspecified atom stereocenters. The number of fused-ring (bicyclic) bond motifs is 1. The van der Waals surface area contributed by atoms with E-state index in [1.165, 1.54) is 6.07 Å². The first-order chi connectivity index (χ1) is 9.56. The maximum Gasteiger partial charge on any atom is 0.127 e. The number of benzene rings is 2. The molecule has 20 heavy (non-hydrogen) atoms. The first-order valence-electron chi connectivity index (χ1n) is 6.41. The molecule has 104 valence electrons. The van der Waals surface area contributed by atoms with Crippen molar-refractivity contribution >= 4 is 27.5 Å². The van der Waals surface area contributed by atoms with Gasteiger partial charge in [-0.3, -0.25) is 0 Å². The van der Waals surface area contributed by atoms with Crippen LogP contribution in [0.25, 0.3) is 0 Å². The first-order valence-corrected chi connectivity index (χ1v) is 7.71. The minimum Gasteiger partial charge on any atom is -0.493 e. The summed E-state index contributed by atoms with van der Waals surface area (Å²) in [5, 5.41) is 0.654. The van der Waals surface area contributed by atoms with Crippen molar-refractivity contribution in [3.63, 3.8) is 0 Å². The van der Waals surface area contributed by atoms with Crippen molar-refractivity contribution in [2.75, 3.05) is 6.61 Å². The van der Waals surface area contributed by atoms with Crippen molar-refractivity contribution in [1.82, 2.24) is 0 Å². The summed E-state index contributed by atoms with van der Waals surface area (Å²) in [5.41, 5.74) is 3.59. The van der Waals surface area contributed by atoms with Crippen LogP contribution in [0.5, 0.6) is 5.75 Å². The Morgan fingerprint density at radius 3 is 2.85 bits per heavy atom. The molecule has 0 spiro atoms. The summed E-state index contributed by atoms with van der Waals surface area (Å²) in [5.74, 6) is 0.598. The van der Waals surface area contributed by atoms with Gasteiger partial charge in [-0.05, 0) is 30.7 Å². The average molecular weight is 356 g/mol. The van der Waals surface area contributed by atoms with Crippen molar-refractivity contribution in [3.05, 3.63) is 63.4 Å². The summed E-state index contributed by atoms with van der Waals surface area (Å²) < 4.78 is 19.7. The predicted octanol–water partition coefficient (Wildman–Crippen LogP) is 5.21. The zero-order valence-corrected chi connectivity index (χ0v) is 13.3. The molecule has 4 heteroatoms. The maximum absolute atomic E-state index is 14.1. The molecular formula is C16H13BrClFO. The molecule has 1 nitrogen and oxygen atoms in total. The largest absolute Gasteiger partial charge is 0.493 e. The number of rotatable bonds is 2. The van der Waals surface area contributed by atoms with Gasteiger partial charge in [-0.15, -0.1) is 0 Å². The Kier molecular flexibility index (Phi) is 3.74. The summed E-state index contributed by atoms with van der Waals surface area (Å²) in [6, 6.07) is 8.85. The second kappa shape index (κ2) is 5.38. The third-order valence-corrected chi connectivity index (χ3v) is 4.68. The number of aryl methyl sites for hydroxylation is 1. The van der Waals surface area contributed by atoms with Crippen molar-refractivity contribution in [2.24, 2.45) is 0 Å². The fraction of sp³-hybridized carbons (Fsp3) is 0.250. The summed E-state index contributed by atoms with van der Waals surface area (Å²) in [4.78, 5) is -0.270. The molecule has 2 aromatic carbocycles. The zero-order valence-electron chi connectivity index (χ0n) is 10.9. The van der Waals surface area contributed by atoms with Gasteiger partial charge in [-0.25, -0.2) is 4.39 Å². The van der Waals surface area contributed by atoms with Gasteiger partial charge in [0.05, 0.1) is 11.4 Å². The van der Waals surface area contributed by atoms with E-state index in [1.54, 1.807) is 6.07 Å². The van der Waals surface area contributed by atoms with Crippen LogP contribution in [0, 0.1) is 12.7 Å². The van der Waals surface area contributed by atoms with E-state index in [1.807, 2.05) is 25.1 Å². The molecule has 0 saturated carbocycles. The Hall–Kier alpha value is -1.06. The second-order valence-corrected chi connectivity index (χ2v) is 6.32. The third kappa shape index (κ3) is 2.45. The molecule has 0 fully saturated rings. The molecule has 0 N–H and O–H groups in total. The summed E-state index contributed by atoms with van der Waals surface area (Å²) in [7, 11) is 0. The van der Waals surface area contributed by atoms with Gasteiger partial charge in [0, 0.05) is 22.6 Å². The van der Waals surface area contributed by atoms with Crippen LogP contribution in [-0.4, -0.2) is 6.61 Å². The number of halogens is 3. The third-order valence-electron chi connectivity index (χ3n) is 3.47. The highest BCUT2D eigenvalue weighted by Gasteiger charge is 2.24. The van der Waals surface area contributed by atoms with Gasteiger partial charge in [0.2, 0.25) is 0 Å². The van der Waals surface area contributed by atoms with E-state index in [4.69, 9.17) is 16.3 Å². The standard InChI is InChI=1S/C16H13BrClFO/c1-9-2-3-14(19)12(6-9)15(17)13-8-11(18)7-10-4-5-20-16(10)13/h2-3,6-8,15H,4-5H2,1H3. The Labute approximate surface area is 130 Å². The topological polar surface area (TPSA) is 9.23 Å². The molecule has 0 saturated heterocycles. The fourth-order valence-corrected chi connectivity index (χ4v) is 3.45. The fourth-order valence-electron chi connectivity index (χ4n) is 2.51. The van der Waals surface area contributed by atoms with Gasteiger partial charge in [0.15, 0.2) is 0 Å². The molecule has 2 aromatic rings. The molecule has 0 bridgehead atoms. The molecule has 1 atom stereocenters. The lowest BCUT2D eigenvalue weighted by molar-refractivity contribution is 0.354. The minimum absolute atomic E-state index is 0.232. The molecule has 1 heterocycles. The van der Waals surface area contributed by atoms with Crippen LogP contribution in [0.2, 0.25) is 5.02 Å². The van der Waals surface area contributed by atoms with Crippen LogP contribution in [0.15, 0.2) is 30.3 Å². The molecule has 0 aliphatic carbocycles. The molecule has 0 aromatic heterocycles. The highest BCUT2D eigenvalue weighted by molar-refractivity contribution is 9.09. The molecule has 1 aliphatic heterocycles. The van der Waals surface area contributed by atoms with Gasteiger partial charge in [0.1, 0.15) is 11.6 Å². The van der Waals surface area contributed by atoms with Gasteiger partial charge >= 0.3 is 0 Å². The monoisotopic (exact) mass is 354 g/mol. The number of ether oxygens (including phenoxy) is 1. The minimum atomic E-state index is -0.270. The van der Waals surface area contributed by atoms with Crippen molar-refractivity contribution < 1.29 is 9.13 Å². The van der Waals surface area contributed by atoms with E-state index < -0.39 is 0 Å². The average Bonchev–Trinajstić information content (AvgIpc) is 2.87. The maximum atomic E-state index is 14.1. The van der Waals surface area contributed by atoms with E-state index in [0.29, 0.717) is 17.2 Å². The summed E-state index contributed by atoms with van der Waals surface area (Å²) >= 11 is 9.75. The van der Waals surface area contributed by atoms with Crippen LogP contribution in [0.3, 0.4) is 0 Å². The van der Waals surface area contributed by atoms with Crippen LogP contribution in [-0.2, 0) is 6.42 Å². The lowest BCUT2D eigenvalue weighted by Crippen LogP contribution is -2.00. The summed E-state index contributed by atoms with van der Waals surface area (Å²) in [6.45, 7) is 2.60. The molecule has 0 amide bonds. The van der Waals surface area contributed by atoms with Crippen molar-refractivity contribution in [2.45, 2.75) is 18.2 Å². The van der Waals surface area contributed by atoms with Crippen LogP contribution >= 0.6 is 27.5 Å². The molecule has 0 radical (unpaired) electrons. The first kappa shape index (κ1) is 13.9. The van der Waals surface area contributed by atoms with Crippen LogP contribution < -0.4 is 4.74 Å². The van der Waals surface area contributed by atoms with E-state index in [-0.39, 0.29) is 10.6 Å². The van der Waals surface area contributed by atoms with E-state index in [9.17, 15) is 4.39 Å². The molecular weight excluding hydrogens is 343 g/mol. The van der Waals surface area contributed by atoms with Crippen LogP contribution in [0.4, 0.5) is 4.39 Å². The smallest absolute Gasteiger partial charge is 0.127 e. The lowest BCUT2D eigenvalue weighted by atomic mass is 9.99. The van der Waals surface area contributed by atoms with Crippen LogP contribution in [0.1, 0.15) is 27.1 Å². The normalized spacial score (nSPS) is 14.8. The predicted molar refractivity (Wildman–Crippen MR) is 82.6 cm³/mol. The second-order valence-electron chi connectivity index (χ2n) is 4.97. The van der Waals surface area contributed by atoms with Crippen molar-refractivity contribution in [1.29, 1.82) is 0 Å². The van der Waals surface area contributed by atoms with Gasteiger partial charge in [-0.2, -0.15) is 0 Å². The molecule has 3 rings (SSSR count). The van der Waals surface area contributed by atoms with Gasteiger partial charge in [0.25, 0.3) is 0 Å². The van der Waals surface area contributed by atoms with Gasteiger partial charge < -0.3 is 4.74 Å². The summed E-state index contributed by atoms with van der Waals surface area (Å²) in [6.07, 6.45) is 0.846. The van der Waals surface area contributed by atoms with E-state index in [0.717, 1.165) is 28.9 Å². The van der Waals surface area contributed by atoms with Gasteiger partial charge in [-0.1, -0.05) is 45.2 Å². The number of alkyl halides is 1. The quantitative estimate of drug-likeness (QED) is 0.672. The molecule has 1 aliphatic rings. The lowest BCUT2D eigenvalue weighted by Gasteiger charge is -2.16. The Morgan fingerprint density at radius 2 is 2.05 bits per heavy atom. The number of hydrogen-bond donors (Lipinski definition) is 0. The Morgan fingerprint density at radius 1 is 1.25 bits per heavy atom. The van der Waals surface area contributed by atoms with E-state index >= 15 is 0 Å². The SMILES string of the molecule is Cc1ccc(F)c(C(Br)c2cc(Cl)cc3c2OCC3)c1.